The third kappa shape index (κ3) is 3.17. The monoisotopic (exact) mass is 287 g/mol. The highest BCUT2D eigenvalue weighted by atomic mass is 16.5. The Morgan fingerprint density at radius 1 is 1.48 bits per heavy atom. The van der Waals surface area contributed by atoms with Gasteiger partial charge in [0.1, 0.15) is 0 Å². The first-order valence-corrected chi connectivity index (χ1v) is 7.46. The highest BCUT2D eigenvalue weighted by Gasteiger charge is 2.24. The Morgan fingerprint density at radius 3 is 2.90 bits per heavy atom. The Hall–Kier alpha value is -2.04. The van der Waals surface area contributed by atoms with Crippen molar-refractivity contribution in [3.05, 3.63) is 18.2 Å². The molecule has 1 N–H and O–H groups in total. The third-order valence-electron chi connectivity index (χ3n) is 3.62. The molecule has 0 unspecified atom stereocenters. The molecule has 1 aromatic carbocycles. The number of amides is 1. The summed E-state index contributed by atoms with van der Waals surface area (Å²) in [5.41, 5.74) is 1.79. The summed E-state index contributed by atoms with van der Waals surface area (Å²) in [6.45, 7) is 3.95. The number of benzene rings is 1. The van der Waals surface area contributed by atoms with Gasteiger partial charge in [0, 0.05) is 19.2 Å². The van der Waals surface area contributed by atoms with Gasteiger partial charge in [-0.05, 0) is 50.8 Å². The van der Waals surface area contributed by atoms with Crippen LogP contribution in [-0.2, 0) is 11.8 Å². The SMILES string of the molecule is CC(C)Oc1nn(C)c2ccc(NC(=O)CC3CC3)cc12. The summed E-state index contributed by atoms with van der Waals surface area (Å²) in [6.07, 6.45) is 3.06. The van der Waals surface area contributed by atoms with Crippen molar-refractivity contribution >= 4 is 22.5 Å². The van der Waals surface area contributed by atoms with Gasteiger partial charge in [-0.25, -0.2) is 0 Å². The quantitative estimate of drug-likeness (QED) is 0.919. The van der Waals surface area contributed by atoms with Gasteiger partial charge in [-0.2, -0.15) is 0 Å². The fraction of sp³-hybridized carbons (Fsp3) is 0.500. The first-order chi connectivity index (χ1) is 10.0. The predicted octanol–water partition coefficient (Wildman–Crippen LogP) is 3.10. The number of carbonyl (C=O) groups excluding carboxylic acids is 1. The molecule has 0 radical (unpaired) electrons. The number of fused-ring (bicyclic) bond motifs is 1. The second-order valence-electron chi connectivity index (χ2n) is 6.02. The van der Waals surface area contributed by atoms with Crippen LogP contribution in [0.25, 0.3) is 10.9 Å². The van der Waals surface area contributed by atoms with E-state index in [2.05, 4.69) is 10.4 Å². The number of aryl methyl sites for hydroxylation is 1. The minimum atomic E-state index is 0.0659. The van der Waals surface area contributed by atoms with E-state index in [1.165, 1.54) is 12.8 Å². The average molecular weight is 287 g/mol. The molecule has 0 bridgehead atoms. The molecule has 2 aromatic rings. The molecule has 1 aliphatic rings. The number of hydrogen-bond acceptors (Lipinski definition) is 3. The number of anilines is 1. The summed E-state index contributed by atoms with van der Waals surface area (Å²) in [7, 11) is 1.89. The molecular weight excluding hydrogens is 266 g/mol. The molecule has 1 amide bonds. The molecule has 0 atom stereocenters. The fourth-order valence-corrected chi connectivity index (χ4v) is 2.42. The lowest BCUT2D eigenvalue weighted by Crippen LogP contribution is -2.11. The van der Waals surface area contributed by atoms with Crippen molar-refractivity contribution in [2.45, 2.75) is 39.2 Å². The zero-order valence-corrected chi connectivity index (χ0v) is 12.7. The lowest BCUT2D eigenvalue weighted by atomic mass is 10.2. The van der Waals surface area contributed by atoms with E-state index in [0.29, 0.717) is 18.2 Å². The van der Waals surface area contributed by atoms with E-state index in [0.717, 1.165) is 16.6 Å². The smallest absolute Gasteiger partial charge is 0.241 e. The van der Waals surface area contributed by atoms with Crippen LogP contribution in [-0.4, -0.2) is 21.8 Å². The molecule has 1 saturated carbocycles. The number of ether oxygens (including phenoxy) is 1. The zero-order valence-electron chi connectivity index (χ0n) is 12.7. The summed E-state index contributed by atoms with van der Waals surface area (Å²) in [5.74, 6) is 1.29. The number of carbonyl (C=O) groups is 1. The van der Waals surface area contributed by atoms with Crippen LogP contribution in [0.5, 0.6) is 5.88 Å². The Kier molecular flexibility index (Phi) is 3.57. The summed E-state index contributed by atoms with van der Waals surface area (Å²) in [5, 5.41) is 8.28. The minimum Gasteiger partial charge on any atom is -0.473 e. The summed E-state index contributed by atoms with van der Waals surface area (Å²) >= 11 is 0. The highest BCUT2D eigenvalue weighted by molar-refractivity contribution is 5.95. The van der Waals surface area contributed by atoms with Gasteiger partial charge in [-0.15, -0.1) is 5.10 Å². The van der Waals surface area contributed by atoms with Crippen molar-refractivity contribution in [1.29, 1.82) is 0 Å². The highest BCUT2D eigenvalue weighted by Crippen LogP contribution is 2.33. The maximum atomic E-state index is 11.9. The van der Waals surface area contributed by atoms with E-state index < -0.39 is 0 Å². The van der Waals surface area contributed by atoms with Gasteiger partial charge >= 0.3 is 0 Å². The number of hydrogen-bond donors (Lipinski definition) is 1. The van der Waals surface area contributed by atoms with Gasteiger partial charge < -0.3 is 10.1 Å². The first kappa shape index (κ1) is 13.9. The topological polar surface area (TPSA) is 56.1 Å². The molecule has 0 spiro atoms. The second kappa shape index (κ2) is 5.39. The number of nitrogens with zero attached hydrogens (tertiary/aromatic N) is 2. The van der Waals surface area contributed by atoms with Crippen LogP contribution in [0.2, 0.25) is 0 Å². The molecule has 1 aromatic heterocycles. The molecular formula is C16H21N3O2. The van der Waals surface area contributed by atoms with Gasteiger partial charge in [0.25, 0.3) is 0 Å². The molecule has 1 fully saturated rings. The van der Waals surface area contributed by atoms with Crippen LogP contribution >= 0.6 is 0 Å². The number of nitrogens with one attached hydrogen (secondary N) is 1. The van der Waals surface area contributed by atoms with Crippen LogP contribution in [0.3, 0.4) is 0 Å². The van der Waals surface area contributed by atoms with E-state index in [9.17, 15) is 4.79 Å². The molecule has 21 heavy (non-hydrogen) atoms. The van der Waals surface area contributed by atoms with Crippen molar-refractivity contribution in [3.63, 3.8) is 0 Å². The Morgan fingerprint density at radius 2 is 2.24 bits per heavy atom. The average Bonchev–Trinajstić information content (AvgIpc) is 3.15. The Labute approximate surface area is 124 Å². The van der Waals surface area contributed by atoms with Crippen molar-refractivity contribution in [2.75, 3.05) is 5.32 Å². The molecule has 5 heteroatoms. The van der Waals surface area contributed by atoms with Crippen LogP contribution in [0, 0.1) is 5.92 Å². The molecule has 0 saturated heterocycles. The molecule has 1 heterocycles. The molecule has 3 rings (SSSR count). The van der Waals surface area contributed by atoms with Crippen molar-refractivity contribution in [2.24, 2.45) is 13.0 Å². The van der Waals surface area contributed by atoms with Gasteiger partial charge in [0.15, 0.2) is 0 Å². The van der Waals surface area contributed by atoms with Crippen molar-refractivity contribution in [3.8, 4) is 5.88 Å². The van der Waals surface area contributed by atoms with E-state index in [-0.39, 0.29) is 12.0 Å². The molecule has 112 valence electrons. The fourth-order valence-electron chi connectivity index (χ4n) is 2.42. The van der Waals surface area contributed by atoms with E-state index >= 15 is 0 Å². The standard InChI is InChI=1S/C16H21N3O2/c1-10(2)21-16-13-9-12(6-7-14(13)19(3)18-16)17-15(20)8-11-4-5-11/h6-7,9-11H,4-5,8H2,1-3H3,(H,17,20). The van der Waals surface area contributed by atoms with Crippen LogP contribution in [0.1, 0.15) is 33.1 Å². The van der Waals surface area contributed by atoms with Crippen LogP contribution in [0.4, 0.5) is 5.69 Å². The largest absolute Gasteiger partial charge is 0.473 e. The van der Waals surface area contributed by atoms with Gasteiger partial charge in [0.2, 0.25) is 11.8 Å². The van der Waals surface area contributed by atoms with Crippen molar-refractivity contribution in [1.82, 2.24) is 9.78 Å². The number of aromatic nitrogens is 2. The van der Waals surface area contributed by atoms with Gasteiger partial charge in [-0.3, -0.25) is 9.48 Å². The van der Waals surface area contributed by atoms with E-state index in [1.54, 1.807) is 4.68 Å². The van der Waals surface area contributed by atoms with E-state index in [4.69, 9.17) is 4.74 Å². The lowest BCUT2D eigenvalue weighted by Gasteiger charge is -2.07. The van der Waals surface area contributed by atoms with Crippen LogP contribution < -0.4 is 10.1 Å². The molecule has 0 aliphatic heterocycles. The predicted molar refractivity (Wildman–Crippen MR) is 82.4 cm³/mol. The third-order valence-corrected chi connectivity index (χ3v) is 3.62. The maximum absolute atomic E-state index is 11.9. The normalized spacial score (nSPS) is 14.7. The van der Waals surface area contributed by atoms with E-state index in [1.807, 2.05) is 39.1 Å². The number of rotatable bonds is 5. The Balaban J connectivity index is 1.84. The van der Waals surface area contributed by atoms with Crippen LogP contribution in [0.15, 0.2) is 18.2 Å². The Bertz CT molecular complexity index is 671. The van der Waals surface area contributed by atoms with Crippen molar-refractivity contribution < 1.29 is 9.53 Å². The maximum Gasteiger partial charge on any atom is 0.241 e. The lowest BCUT2D eigenvalue weighted by molar-refractivity contribution is -0.116. The second-order valence-corrected chi connectivity index (χ2v) is 6.02. The summed E-state index contributed by atoms with van der Waals surface area (Å²) in [6, 6.07) is 5.81. The zero-order chi connectivity index (χ0) is 15.0. The minimum absolute atomic E-state index is 0.0659. The summed E-state index contributed by atoms with van der Waals surface area (Å²) < 4.78 is 7.53. The first-order valence-electron chi connectivity index (χ1n) is 7.46. The molecule has 5 nitrogen and oxygen atoms in total. The molecule has 1 aliphatic carbocycles. The van der Waals surface area contributed by atoms with Gasteiger partial charge in [0.05, 0.1) is 17.0 Å². The van der Waals surface area contributed by atoms with Gasteiger partial charge in [-0.1, -0.05) is 0 Å². The summed E-state index contributed by atoms with van der Waals surface area (Å²) in [4.78, 5) is 11.9.